The summed E-state index contributed by atoms with van der Waals surface area (Å²) in [6.07, 6.45) is 2.97. The van der Waals surface area contributed by atoms with Gasteiger partial charge in [-0.1, -0.05) is 27.5 Å². The van der Waals surface area contributed by atoms with Crippen LogP contribution >= 0.6 is 27.5 Å². The van der Waals surface area contributed by atoms with Crippen LogP contribution in [0.2, 0.25) is 5.02 Å². The summed E-state index contributed by atoms with van der Waals surface area (Å²) in [6, 6.07) is 4.64. The van der Waals surface area contributed by atoms with Crippen molar-refractivity contribution in [1.82, 2.24) is 18.2 Å². The molecule has 0 spiro atoms. The van der Waals surface area contributed by atoms with E-state index < -0.39 is 20.0 Å². The zero-order valence-electron chi connectivity index (χ0n) is 15.3. The molecule has 8 nitrogen and oxygen atoms in total. The molecule has 0 saturated carbocycles. The normalized spacial score (nSPS) is 17.3. The lowest BCUT2D eigenvalue weighted by Crippen LogP contribution is -2.50. The minimum Gasteiger partial charge on any atom is -0.334 e. The van der Waals surface area contributed by atoms with E-state index in [1.807, 2.05) is 13.8 Å². The van der Waals surface area contributed by atoms with Crippen LogP contribution in [0.1, 0.15) is 19.9 Å². The molecule has 2 aromatic rings. The number of piperazine rings is 1. The Morgan fingerprint density at radius 2 is 1.61 bits per heavy atom. The maximum Gasteiger partial charge on any atom is 0.262 e. The summed E-state index contributed by atoms with van der Waals surface area (Å²) in [7, 11) is -7.59. The molecule has 12 heteroatoms. The summed E-state index contributed by atoms with van der Waals surface area (Å²) in [5, 5.41) is 0.0807. The van der Waals surface area contributed by atoms with Gasteiger partial charge in [0.05, 0.1) is 11.3 Å². The summed E-state index contributed by atoms with van der Waals surface area (Å²) in [5.41, 5.74) is 0. The monoisotopic (exact) mass is 510 g/mol. The Labute approximate surface area is 178 Å². The van der Waals surface area contributed by atoms with Crippen LogP contribution in [-0.4, -0.2) is 61.2 Å². The maximum absolute atomic E-state index is 12.9. The average molecular weight is 512 g/mol. The van der Waals surface area contributed by atoms with E-state index in [1.54, 1.807) is 10.6 Å². The lowest BCUT2D eigenvalue weighted by Gasteiger charge is -2.32. The predicted octanol–water partition coefficient (Wildman–Crippen LogP) is 2.58. The van der Waals surface area contributed by atoms with E-state index in [9.17, 15) is 16.8 Å². The highest BCUT2D eigenvalue weighted by Gasteiger charge is 2.35. The standard InChI is InChI=1S/C16H20BrClN4O4S2/c1-12(2)20-10-16(19-11-20)28(25,26)22-7-5-21(6-8-22)27(23,24)15-4-3-13(17)9-14(15)18/h3-4,9-12H,5-8H2,1-2H3. The molecule has 0 radical (unpaired) electrons. The minimum absolute atomic E-state index is 0.00403. The second-order valence-corrected chi connectivity index (χ2v) is 11.7. The van der Waals surface area contributed by atoms with Gasteiger partial charge in [-0.2, -0.15) is 8.61 Å². The van der Waals surface area contributed by atoms with Gasteiger partial charge in [-0.05, 0) is 32.0 Å². The summed E-state index contributed by atoms with van der Waals surface area (Å²) >= 11 is 9.34. The second-order valence-electron chi connectivity index (χ2n) is 6.64. The first-order chi connectivity index (χ1) is 13.0. The largest absolute Gasteiger partial charge is 0.334 e. The topological polar surface area (TPSA) is 92.6 Å². The Morgan fingerprint density at radius 3 is 2.11 bits per heavy atom. The van der Waals surface area contributed by atoms with Crippen molar-refractivity contribution in [3.8, 4) is 0 Å². The number of nitrogens with zero attached hydrogens (tertiary/aromatic N) is 4. The average Bonchev–Trinajstić information content (AvgIpc) is 3.13. The van der Waals surface area contributed by atoms with Crippen molar-refractivity contribution in [1.29, 1.82) is 0 Å². The van der Waals surface area contributed by atoms with Crippen LogP contribution in [0.15, 0.2) is 45.1 Å². The third-order valence-corrected chi connectivity index (χ3v) is 9.15. The summed E-state index contributed by atoms with van der Waals surface area (Å²) < 4.78 is 56.2. The zero-order chi connectivity index (χ0) is 20.7. The van der Waals surface area contributed by atoms with Gasteiger partial charge in [0.15, 0.2) is 5.03 Å². The van der Waals surface area contributed by atoms with Gasteiger partial charge in [-0.3, -0.25) is 0 Å². The van der Waals surface area contributed by atoms with Crippen molar-refractivity contribution >= 4 is 47.6 Å². The Kier molecular flexibility index (Phi) is 6.23. The van der Waals surface area contributed by atoms with Crippen molar-refractivity contribution in [2.24, 2.45) is 0 Å². The van der Waals surface area contributed by atoms with Gasteiger partial charge in [0.1, 0.15) is 4.90 Å². The Bertz CT molecular complexity index is 1080. The lowest BCUT2D eigenvalue weighted by molar-refractivity contribution is 0.272. The van der Waals surface area contributed by atoms with E-state index in [2.05, 4.69) is 20.9 Å². The first-order valence-electron chi connectivity index (χ1n) is 8.52. The fourth-order valence-electron chi connectivity index (χ4n) is 2.84. The molecule has 28 heavy (non-hydrogen) atoms. The molecular weight excluding hydrogens is 492 g/mol. The molecule has 1 aliphatic heterocycles. The maximum atomic E-state index is 12.9. The minimum atomic E-state index is -3.81. The Morgan fingerprint density at radius 1 is 1.04 bits per heavy atom. The fraction of sp³-hybridized carbons (Fsp3) is 0.438. The number of sulfonamides is 2. The SMILES string of the molecule is CC(C)n1cnc(S(=O)(=O)N2CCN(S(=O)(=O)c3ccc(Br)cc3Cl)CC2)c1. The van der Waals surface area contributed by atoms with Crippen LogP contribution in [0.4, 0.5) is 0 Å². The van der Waals surface area contributed by atoms with Crippen LogP contribution in [-0.2, 0) is 20.0 Å². The van der Waals surface area contributed by atoms with E-state index >= 15 is 0 Å². The highest BCUT2D eigenvalue weighted by molar-refractivity contribution is 9.10. The van der Waals surface area contributed by atoms with Crippen LogP contribution in [0, 0.1) is 0 Å². The molecule has 1 aromatic carbocycles. The van der Waals surface area contributed by atoms with Crippen molar-refractivity contribution in [3.05, 3.63) is 40.2 Å². The van der Waals surface area contributed by atoms with E-state index in [0.29, 0.717) is 4.47 Å². The molecule has 3 rings (SSSR count). The summed E-state index contributed by atoms with van der Waals surface area (Å²) in [6.45, 7) is 4.02. The van der Waals surface area contributed by atoms with Gasteiger partial charge in [-0.15, -0.1) is 0 Å². The Balaban J connectivity index is 1.76. The summed E-state index contributed by atoms with van der Waals surface area (Å²) in [5.74, 6) is 0. The van der Waals surface area contributed by atoms with Crippen LogP contribution in [0.3, 0.4) is 0 Å². The molecule has 1 aromatic heterocycles. The Hall–Kier alpha value is -0.980. The van der Waals surface area contributed by atoms with Crippen LogP contribution in [0.5, 0.6) is 0 Å². The lowest BCUT2D eigenvalue weighted by atomic mass is 10.4. The highest BCUT2D eigenvalue weighted by atomic mass is 79.9. The zero-order valence-corrected chi connectivity index (χ0v) is 19.3. The van der Waals surface area contributed by atoms with Gasteiger partial charge in [0, 0.05) is 42.9 Å². The first kappa shape index (κ1) is 21.7. The van der Waals surface area contributed by atoms with Crippen molar-refractivity contribution in [3.63, 3.8) is 0 Å². The van der Waals surface area contributed by atoms with Gasteiger partial charge >= 0.3 is 0 Å². The van der Waals surface area contributed by atoms with E-state index in [0.717, 1.165) is 0 Å². The van der Waals surface area contributed by atoms with E-state index in [1.165, 1.54) is 33.3 Å². The van der Waals surface area contributed by atoms with E-state index in [4.69, 9.17) is 11.6 Å². The van der Waals surface area contributed by atoms with Gasteiger partial charge in [0.25, 0.3) is 10.0 Å². The highest BCUT2D eigenvalue weighted by Crippen LogP contribution is 2.29. The molecule has 0 aliphatic carbocycles. The molecule has 0 bridgehead atoms. The van der Waals surface area contributed by atoms with Crippen molar-refractivity contribution in [2.75, 3.05) is 26.2 Å². The van der Waals surface area contributed by atoms with Gasteiger partial charge in [-0.25, -0.2) is 21.8 Å². The first-order valence-corrected chi connectivity index (χ1v) is 12.6. The molecule has 2 heterocycles. The third kappa shape index (κ3) is 4.14. The molecular formula is C16H20BrClN4O4S2. The van der Waals surface area contributed by atoms with Crippen LogP contribution in [0.25, 0.3) is 0 Å². The van der Waals surface area contributed by atoms with Gasteiger partial charge < -0.3 is 4.57 Å². The number of imidazole rings is 1. The van der Waals surface area contributed by atoms with Crippen molar-refractivity contribution in [2.45, 2.75) is 29.8 Å². The number of aromatic nitrogens is 2. The molecule has 1 fully saturated rings. The van der Waals surface area contributed by atoms with Crippen molar-refractivity contribution < 1.29 is 16.8 Å². The third-order valence-electron chi connectivity index (χ3n) is 4.49. The fourth-order valence-corrected chi connectivity index (χ4v) is 6.62. The number of hydrogen-bond acceptors (Lipinski definition) is 5. The molecule has 1 saturated heterocycles. The smallest absolute Gasteiger partial charge is 0.262 e. The molecule has 154 valence electrons. The molecule has 0 unspecified atom stereocenters. The van der Waals surface area contributed by atoms with Crippen LogP contribution < -0.4 is 0 Å². The number of benzene rings is 1. The van der Waals surface area contributed by atoms with E-state index in [-0.39, 0.29) is 47.2 Å². The van der Waals surface area contributed by atoms with Gasteiger partial charge in [0.2, 0.25) is 10.0 Å². The molecule has 0 amide bonds. The molecule has 0 N–H and O–H groups in total. The summed E-state index contributed by atoms with van der Waals surface area (Å²) in [4.78, 5) is 4.00. The quantitative estimate of drug-likeness (QED) is 0.615. The number of rotatable bonds is 5. The molecule has 0 atom stereocenters. The second kappa shape index (κ2) is 8.04. The predicted molar refractivity (Wildman–Crippen MR) is 109 cm³/mol. The molecule has 1 aliphatic rings. The number of halogens is 2. The number of hydrogen-bond donors (Lipinski definition) is 0.